The fourth-order valence-corrected chi connectivity index (χ4v) is 3.01. The Morgan fingerprint density at radius 2 is 1.88 bits per heavy atom. The van der Waals surface area contributed by atoms with E-state index in [-0.39, 0.29) is 42.0 Å². The number of carbonyl (C=O) groups is 1. The maximum atomic E-state index is 12.8. The van der Waals surface area contributed by atoms with Gasteiger partial charge in [-0.15, -0.1) is 0 Å². The molecule has 0 aliphatic carbocycles. The van der Waals surface area contributed by atoms with Crippen molar-refractivity contribution in [3.8, 4) is 11.4 Å². The number of nitro benzene ring substituents is 1. The van der Waals surface area contributed by atoms with E-state index in [2.05, 4.69) is 10.1 Å². The molecule has 0 aliphatic heterocycles. The predicted molar refractivity (Wildman–Crippen MR) is 108 cm³/mol. The summed E-state index contributed by atoms with van der Waals surface area (Å²) in [7, 11) is 0. The Bertz CT molecular complexity index is 1110. The van der Waals surface area contributed by atoms with Crippen LogP contribution >= 0.6 is 0 Å². The molecule has 1 heterocycles. The molecule has 1 amide bonds. The van der Waals surface area contributed by atoms with E-state index in [0.29, 0.717) is 5.56 Å². The zero-order valence-electron chi connectivity index (χ0n) is 17.2. The van der Waals surface area contributed by atoms with Crippen LogP contribution in [0, 0.1) is 10.1 Å². The van der Waals surface area contributed by atoms with Gasteiger partial charge in [0, 0.05) is 42.3 Å². The van der Waals surface area contributed by atoms with Crippen LogP contribution in [0.3, 0.4) is 0 Å². The van der Waals surface area contributed by atoms with Crippen LogP contribution in [-0.2, 0) is 12.6 Å². The first-order chi connectivity index (χ1) is 15.1. The molecule has 0 aliphatic rings. The molecule has 0 saturated heterocycles. The van der Waals surface area contributed by atoms with E-state index in [1.54, 1.807) is 19.9 Å². The van der Waals surface area contributed by atoms with E-state index in [9.17, 15) is 28.1 Å². The lowest BCUT2D eigenvalue weighted by Gasteiger charge is -2.26. The molecule has 2 aromatic carbocycles. The van der Waals surface area contributed by atoms with Crippen LogP contribution < -0.4 is 0 Å². The Labute approximate surface area is 180 Å². The highest BCUT2D eigenvalue weighted by Gasteiger charge is 2.30. The smallest absolute Gasteiger partial charge is 0.339 e. The molecule has 8 nitrogen and oxygen atoms in total. The highest BCUT2D eigenvalue weighted by Crippen LogP contribution is 2.29. The molecular formula is C21H19F3N4O4. The molecule has 0 spiro atoms. The second-order valence-corrected chi connectivity index (χ2v) is 7.24. The van der Waals surface area contributed by atoms with Gasteiger partial charge in [0.2, 0.25) is 11.7 Å². The molecular weight excluding hydrogens is 429 g/mol. The number of nitrogens with zero attached hydrogens (tertiary/aromatic N) is 4. The second kappa shape index (κ2) is 9.16. The van der Waals surface area contributed by atoms with Gasteiger partial charge < -0.3 is 9.42 Å². The van der Waals surface area contributed by atoms with Gasteiger partial charge in [-0.25, -0.2) is 0 Å². The summed E-state index contributed by atoms with van der Waals surface area (Å²) in [6.45, 7) is 3.75. The summed E-state index contributed by atoms with van der Waals surface area (Å²) in [6.07, 6.45) is -4.28. The van der Waals surface area contributed by atoms with E-state index in [1.807, 2.05) is 0 Å². The number of nitro groups is 1. The summed E-state index contributed by atoms with van der Waals surface area (Å²) in [4.78, 5) is 28.9. The largest absolute Gasteiger partial charge is 0.416 e. The molecule has 3 aromatic rings. The third-order valence-electron chi connectivity index (χ3n) is 4.69. The van der Waals surface area contributed by atoms with Gasteiger partial charge in [-0.2, -0.15) is 18.2 Å². The van der Waals surface area contributed by atoms with Crippen LogP contribution in [0.5, 0.6) is 0 Å². The predicted octanol–water partition coefficient (Wildman–Crippen LogP) is 4.76. The van der Waals surface area contributed by atoms with E-state index in [1.165, 1.54) is 23.1 Å². The number of benzene rings is 2. The summed E-state index contributed by atoms with van der Waals surface area (Å²) >= 11 is 0. The molecule has 0 fully saturated rings. The molecule has 3 rings (SSSR count). The monoisotopic (exact) mass is 448 g/mol. The van der Waals surface area contributed by atoms with Gasteiger partial charge in [0.25, 0.3) is 11.6 Å². The number of halogens is 3. The zero-order valence-corrected chi connectivity index (χ0v) is 17.2. The van der Waals surface area contributed by atoms with Crippen LogP contribution in [0.15, 0.2) is 53.1 Å². The maximum Gasteiger partial charge on any atom is 0.416 e. The van der Waals surface area contributed by atoms with Crippen molar-refractivity contribution in [2.24, 2.45) is 0 Å². The van der Waals surface area contributed by atoms with Crippen LogP contribution in [0.2, 0.25) is 0 Å². The van der Waals surface area contributed by atoms with Crippen molar-refractivity contribution in [3.05, 3.63) is 75.7 Å². The van der Waals surface area contributed by atoms with Gasteiger partial charge in [-0.3, -0.25) is 14.9 Å². The number of hydrogen-bond donors (Lipinski definition) is 0. The summed E-state index contributed by atoms with van der Waals surface area (Å²) in [5.41, 5.74) is -0.392. The van der Waals surface area contributed by atoms with Gasteiger partial charge >= 0.3 is 6.18 Å². The topological polar surface area (TPSA) is 102 Å². The third-order valence-corrected chi connectivity index (χ3v) is 4.69. The van der Waals surface area contributed by atoms with Gasteiger partial charge in [0.05, 0.1) is 10.5 Å². The first-order valence-corrected chi connectivity index (χ1v) is 9.62. The number of hydrogen-bond acceptors (Lipinski definition) is 6. The summed E-state index contributed by atoms with van der Waals surface area (Å²) in [5, 5.41) is 14.8. The lowest BCUT2D eigenvalue weighted by Crippen LogP contribution is -2.38. The molecule has 0 bridgehead atoms. The quantitative estimate of drug-likeness (QED) is 0.382. The average molecular weight is 448 g/mol. The minimum Gasteiger partial charge on any atom is -0.339 e. The molecule has 0 atom stereocenters. The molecule has 0 unspecified atom stereocenters. The Hall–Kier alpha value is -3.76. The maximum absolute atomic E-state index is 12.8. The SMILES string of the molecule is CC(C)N(CCc1nc(-c2cccc([N+](=O)[O-])c2)no1)C(=O)c1ccc(C(F)(F)F)cc1. The van der Waals surface area contributed by atoms with Crippen LogP contribution in [-0.4, -0.2) is 38.5 Å². The second-order valence-electron chi connectivity index (χ2n) is 7.24. The van der Waals surface area contributed by atoms with Gasteiger partial charge in [0.15, 0.2) is 0 Å². The first kappa shape index (κ1) is 22.9. The summed E-state index contributed by atoms with van der Waals surface area (Å²) < 4.78 is 43.4. The van der Waals surface area contributed by atoms with Crippen molar-refractivity contribution >= 4 is 11.6 Å². The molecule has 168 valence electrons. The van der Waals surface area contributed by atoms with E-state index < -0.39 is 22.6 Å². The van der Waals surface area contributed by atoms with Gasteiger partial charge in [-0.1, -0.05) is 17.3 Å². The lowest BCUT2D eigenvalue weighted by molar-refractivity contribution is -0.384. The van der Waals surface area contributed by atoms with Gasteiger partial charge in [0.1, 0.15) is 0 Å². The average Bonchev–Trinajstić information content (AvgIpc) is 3.22. The first-order valence-electron chi connectivity index (χ1n) is 9.62. The van der Waals surface area contributed by atoms with Crippen LogP contribution in [0.4, 0.5) is 18.9 Å². The van der Waals surface area contributed by atoms with Crippen LogP contribution in [0.1, 0.15) is 35.7 Å². The Morgan fingerprint density at radius 3 is 2.47 bits per heavy atom. The number of carbonyl (C=O) groups excluding carboxylic acids is 1. The molecule has 11 heteroatoms. The fraction of sp³-hybridized carbons (Fsp3) is 0.286. The van der Waals surface area contributed by atoms with Crippen molar-refractivity contribution in [1.29, 1.82) is 0 Å². The van der Waals surface area contributed by atoms with E-state index in [4.69, 9.17) is 4.52 Å². The van der Waals surface area contributed by atoms with Crippen molar-refractivity contribution < 1.29 is 27.4 Å². The third kappa shape index (κ3) is 5.29. The normalized spacial score (nSPS) is 11.6. The Kier molecular flexibility index (Phi) is 6.56. The van der Waals surface area contributed by atoms with Crippen LogP contribution in [0.25, 0.3) is 11.4 Å². The number of amides is 1. The van der Waals surface area contributed by atoms with E-state index >= 15 is 0 Å². The number of rotatable bonds is 7. The lowest BCUT2D eigenvalue weighted by atomic mass is 10.1. The Balaban J connectivity index is 1.71. The Morgan fingerprint density at radius 1 is 1.19 bits per heavy atom. The van der Waals surface area contributed by atoms with Crippen molar-refractivity contribution in [2.45, 2.75) is 32.5 Å². The fourth-order valence-electron chi connectivity index (χ4n) is 3.01. The molecule has 32 heavy (non-hydrogen) atoms. The minimum absolute atomic E-state index is 0.109. The summed E-state index contributed by atoms with van der Waals surface area (Å²) in [5.74, 6) is -0.0293. The highest BCUT2D eigenvalue weighted by atomic mass is 19.4. The van der Waals surface area contributed by atoms with Gasteiger partial charge in [-0.05, 0) is 38.1 Å². The molecule has 0 radical (unpaired) electrons. The molecule has 0 N–H and O–H groups in total. The summed E-state index contributed by atoms with van der Waals surface area (Å²) in [6, 6.07) is 9.58. The molecule has 1 aromatic heterocycles. The standard InChI is InChI=1S/C21H19F3N4O4/c1-13(2)27(20(29)14-6-8-16(9-7-14)21(22,23)24)11-10-18-25-19(26-32-18)15-4-3-5-17(12-15)28(30)31/h3-9,12-13H,10-11H2,1-2H3. The van der Waals surface area contributed by atoms with Crippen molar-refractivity contribution in [2.75, 3.05) is 6.54 Å². The number of aromatic nitrogens is 2. The minimum atomic E-state index is -4.48. The number of alkyl halides is 3. The van der Waals surface area contributed by atoms with E-state index in [0.717, 1.165) is 24.3 Å². The number of non-ortho nitro benzene ring substituents is 1. The van der Waals surface area contributed by atoms with Crippen molar-refractivity contribution in [1.82, 2.24) is 15.0 Å². The highest BCUT2D eigenvalue weighted by molar-refractivity contribution is 5.94. The van der Waals surface area contributed by atoms with Crippen molar-refractivity contribution in [3.63, 3.8) is 0 Å². The zero-order chi connectivity index (χ0) is 23.5. The molecule has 0 saturated carbocycles.